The van der Waals surface area contributed by atoms with Crippen molar-refractivity contribution in [3.63, 3.8) is 0 Å². The minimum absolute atomic E-state index is 0.268. The summed E-state index contributed by atoms with van der Waals surface area (Å²) in [4.78, 5) is 6.76. The Balaban J connectivity index is 1.66. The van der Waals surface area contributed by atoms with Gasteiger partial charge in [0, 0.05) is 38.1 Å². The quantitative estimate of drug-likeness (QED) is 0.932. The second-order valence-corrected chi connectivity index (χ2v) is 5.85. The van der Waals surface area contributed by atoms with Crippen LogP contribution in [0.1, 0.15) is 36.2 Å². The Kier molecular flexibility index (Phi) is 4.20. The van der Waals surface area contributed by atoms with Crippen LogP contribution in [-0.2, 0) is 13.0 Å². The largest absolute Gasteiger partial charge is 0.374 e. The number of nitrogens with one attached hydrogen (secondary N) is 1. The van der Waals surface area contributed by atoms with E-state index in [1.54, 1.807) is 0 Å². The lowest BCUT2D eigenvalue weighted by molar-refractivity contribution is 0.561. The summed E-state index contributed by atoms with van der Waals surface area (Å²) in [6.45, 7) is 4.21. The van der Waals surface area contributed by atoms with Gasteiger partial charge in [-0.25, -0.2) is 0 Å². The van der Waals surface area contributed by atoms with Gasteiger partial charge in [-0.05, 0) is 49.1 Å². The molecule has 1 aliphatic heterocycles. The van der Waals surface area contributed by atoms with E-state index in [1.807, 2.05) is 18.3 Å². The van der Waals surface area contributed by atoms with Gasteiger partial charge in [-0.15, -0.1) is 0 Å². The van der Waals surface area contributed by atoms with Crippen LogP contribution >= 0.6 is 0 Å². The summed E-state index contributed by atoms with van der Waals surface area (Å²) in [7, 11) is 2.18. The molecule has 21 heavy (non-hydrogen) atoms. The summed E-state index contributed by atoms with van der Waals surface area (Å²) >= 11 is 0. The Morgan fingerprint density at radius 2 is 2.19 bits per heavy atom. The number of fused-ring (bicyclic) bond motifs is 1. The molecule has 3 nitrogen and oxygen atoms in total. The van der Waals surface area contributed by atoms with Gasteiger partial charge in [-0.2, -0.15) is 0 Å². The molecule has 110 valence electrons. The van der Waals surface area contributed by atoms with Crippen LogP contribution in [0.25, 0.3) is 0 Å². The molecule has 0 amide bonds. The van der Waals surface area contributed by atoms with Gasteiger partial charge in [0.1, 0.15) is 0 Å². The Morgan fingerprint density at radius 3 is 3.00 bits per heavy atom. The van der Waals surface area contributed by atoms with Crippen LogP contribution < -0.4 is 10.2 Å². The van der Waals surface area contributed by atoms with E-state index in [1.165, 1.54) is 36.2 Å². The summed E-state index contributed by atoms with van der Waals surface area (Å²) in [5.74, 6) is 0. The fraction of sp³-hybridized carbons (Fsp3) is 0.389. The van der Waals surface area contributed by atoms with Crippen molar-refractivity contribution in [3.05, 3.63) is 59.4 Å². The highest BCUT2D eigenvalue weighted by Crippen LogP contribution is 2.26. The Labute approximate surface area is 127 Å². The third-order valence-corrected chi connectivity index (χ3v) is 4.24. The summed E-state index contributed by atoms with van der Waals surface area (Å²) in [6, 6.07) is 13.2. The van der Waals surface area contributed by atoms with Gasteiger partial charge in [-0.1, -0.05) is 18.2 Å². The predicted molar refractivity (Wildman–Crippen MR) is 87.5 cm³/mol. The Morgan fingerprint density at radius 1 is 1.29 bits per heavy atom. The van der Waals surface area contributed by atoms with Crippen molar-refractivity contribution in [1.82, 2.24) is 10.3 Å². The lowest BCUT2D eigenvalue weighted by Crippen LogP contribution is -2.25. The van der Waals surface area contributed by atoms with Gasteiger partial charge < -0.3 is 10.2 Å². The zero-order valence-electron chi connectivity index (χ0n) is 12.8. The van der Waals surface area contributed by atoms with Gasteiger partial charge in [0.15, 0.2) is 0 Å². The molecule has 1 aromatic heterocycles. The molecule has 0 radical (unpaired) electrons. The van der Waals surface area contributed by atoms with Crippen LogP contribution in [0, 0.1) is 0 Å². The first-order chi connectivity index (χ1) is 10.2. The molecule has 2 aromatic rings. The van der Waals surface area contributed by atoms with Crippen LogP contribution in [0.2, 0.25) is 0 Å². The van der Waals surface area contributed by atoms with Gasteiger partial charge in [-0.3, -0.25) is 4.98 Å². The average Bonchev–Trinajstić information content (AvgIpc) is 2.53. The van der Waals surface area contributed by atoms with Gasteiger partial charge in [0.2, 0.25) is 0 Å². The lowest BCUT2D eigenvalue weighted by Gasteiger charge is -2.28. The van der Waals surface area contributed by atoms with Crippen molar-refractivity contribution >= 4 is 5.69 Å². The topological polar surface area (TPSA) is 28.2 Å². The van der Waals surface area contributed by atoms with Crippen molar-refractivity contribution in [2.24, 2.45) is 0 Å². The van der Waals surface area contributed by atoms with Crippen molar-refractivity contribution in [3.8, 4) is 0 Å². The highest BCUT2D eigenvalue weighted by Gasteiger charge is 2.14. The third-order valence-electron chi connectivity index (χ3n) is 4.24. The lowest BCUT2D eigenvalue weighted by atomic mass is 9.99. The molecule has 1 atom stereocenters. The summed E-state index contributed by atoms with van der Waals surface area (Å²) in [6.07, 6.45) is 4.30. The number of hydrogen-bond acceptors (Lipinski definition) is 3. The van der Waals surface area contributed by atoms with E-state index in [2.05, 4.69) is 53.4 Å². The molecular formula is C18H23N3. The van der Waals surface area contributed by atoms with Crippen molar-refractivity contribution < 1.29 is 0 Å². The maximum absolute atomic E-state index is 4.40. The Hall–Kier alpha value is -1.87. The minimum atomic E-state index is 0.268. The van der Waals surface area contributed by atoms with Crippen LogP contribution in [-0.4, -0.2) is 18.6 Å². The average molecular weight is 281 g/mol. The molecule has 1 aromatic carbocycles. The van der Waals surface area contributed by atoms with Crippen molar-refractivity contribution in [2.45, 2.75) is 32.4 Å². The molecule has 2 heterocycles. The first-order valence-corrected chi connectivity index (χ1v) is 7.71. The normalized spacial score (nSPS) is 15.6. The van der Waals surface area contributed by atoms with E-state index in [9.17, 15) is 0 Å². The molecule has 0 aliphatic carbocycles. The first-order valence-electron chi connectivity index (χ1n) is 7.71. The summed E-state index contributed by atoms with van der Waals surface area (Å²) in [5.41, 5.74) is 5.32. The molecule has 0 saturated heterocycles. The zero-order valence-corrected chi connectivity index (χ0v) is 12.8. The Bertz CT molecular complexity index is 595. The van der Waals surface area contributed by atoms with Crippen molar-refractivity contribution in [1.29, 1.82) is 0 Å². The molecular weight excluding hydrogens is 258 g/mol. The molecule has 0 bridgehead atoms. The molecule has 1 aliphatic rings. The van der Waals surface area contributed by atoms with Crippen LogP contribution in [0.15, 0.2) is 42.6 Å². The number of hydrogen-bond donors (Lipinski definition) is 1. The highest BCUT2D eigenvalue weighted by molar-refractivity contribution is 5.56. The number of aromatic nitrogens is 1. The number of rotatable bonds is 4. The summed E-state index contributed by atoms with van der Waals surface area (Å²) in [5, 5.41) is 3.56. The number of anilines is 1. The van der Waals surface area contributed by atoms with E-state index in [4.69, 9.17) is 0 Å². The smallest absolute Gasteiger partial charge is 0.0570 e. The fourth-order valence-corrected chi connectivity index (χ4v) is 2.96. The zero-order chi connectivity index (χ0) is 14.7. The van der Waals surface area contributed by atoms with Gasteiger partial charge in [0.25, 0.3) is 0 Å². The maximum Gasteiger partial charge on any atom is 0.0570 e. The highest BCUT2D eigenvalue weighted by atomic mass is 15.1. The molecule has 0 spiro atoms. The van der Waals surface area contributed by atoms with E-state index < -0.39 is 0 Å². The second kappa shape index (κ2) is 6.27. The molecule has 0 unspecified atom stereocenters. The number of nitrogens with zero attached hydrogens (tertiary/aromatic N) is 2. The maximum atomic E-state index is 4.40. The van der Waals surface area contributed by atoms with Gasteiger partial charge in [0.05, 0.1) is 5.69 Å². The molecule has 0 saturated carbocycles. The van der Waals surface area contributed by atoms with E-state index in [0.29, 0.717) is 0 Å². The molecule has 0 fully saturated rings. The SMILES string of the molecule is C[C@@H](NCc1ccc2c(c1)CCCN2C)c1ccccn1. The molecule has 3 rings (SSSR count). The standard InChI is InChI=1S/C18H23N3/c1-14(17-7-3-4-10-19-17)20-13-15-8-9-18-16(12-15)6-5-11-21(18)2/h3-4,7-10,12,14,20H,5-6,11,13H2,1-2H3/t14-/m1/s1. The second-order valence-electron chi connectivity index (χ2n) is 5.85. The summed E-state index contributed by atoms with van der Waals surface area (Å²) < 4.78 is 0. The molecule has 3 heteroatoms. The fourth-order valence-electron chi connectivity index (χ4n) is 2.96. The van der Waals surface area contributed by atoms with E-state index in [0.717, 1.165) is 12.2 Å². The van der Waals surface area contributed by atoms with Gasteiger partial charge >= 0.3 is 0 Å². The van der Waals surface area contributed by atoms with Crippen LogP contribution in [0.5, 0.6) is 0 Å². The van der Waals surface area contributed by atoms with E-state index in [-0.39, 0.29) is 6.04 Å². The minimum Gasteiger partial charge on any atom is -0.374 e. The number of aryl methyl sites for hydroxylation is 1. The predicted octanol–water partition coefficient (Wildman–Crippen LogP) is 3.31. The molecule has 1 N–H and O–H groups in total. The van der Waals surface area contributed by atoms with Crippen LogP contribution in [0.3, 0.4) is 0 Å². The monoisotopic (exact) mass is 281 g/mol. The first kappa shape index (κ1) is 14.1. The van der Waals surface area contributed by atoms with Crippen LogP contribution in [0.4, 0.5) is 5.69 Å². The van der Waals surface area contributed by atoms with Crippen molar-refractivity contribution in [2.75, 3.05) is 18.5 Å². The number of pyridine rings is 1. The number of benzene rings is 1. The third kappa shape index (κ3) is 3.24. The van der Waals surface area contributed by atoms with E-state index >= 15 is 0 Å².